The van der Waals surface area contributed by atoms with Crippen molar-refractivity contribution in [2.45, 2.75) is 31.8 Å². The second kappa shape index (κ2) is 9.16. The number of nitrogens with one attached hydrogen (secondary N) is 1. The van der Waals surface area contributed by atoms with Crippen LogP contribution >= 0.6 is 11.3 Å². The average Bonchev–Trinajstić information content (AvgIpc) is 3.23. The molecule has 1 fully saturated rings. The number of likely N-dealkylation sites (tertiary alicyclic amines) is 1. The van der Waals surface area contributed by atoms with Crippen LogP contribution in [0.25, 0.3) is 0 Å². The van der Waals surface area contributed by atoms with Crippen molar-refractivity contribution in [2.24, 2.45) is 0 Å². The third-order valence-electron chi connectivity index (χ3n) is 5.44. The molecule has 152 valence electrons. The van der Waals surface area contributed by atoms with Crippen molar-refractivity contribution in [1.82, 2.24) is 20.2 Å². The Kier molecular flexibility index (Phi) is 6.17. The van der Waals surface area contributed by atoms with Crippen molar-refractivity contribution in [3.8, 4) is 6.07 Å². The maximum Gasteiger partial charge on any atom is 0.270 e. The van der Waals surface area contributed by atoms with Crippen LogP contribution in [-0.2, 0) is 0 Å². The zero-order valence-corrected chi connectivity index (χ0v) is 17.6. The van der Waals surface area contributed by atoms with Gasteiger partial charge in [-0.05, 0) is 49.1 Å². The number of nitriles is 1. The molecule has 3 heterocycles. The molecule has 0 aliphatic carbocycles. The SMILES string of the molecule is Cc1nc(C(=O)NC2CCN(C(c3ccc(C#N)cc3)c3cccnc3)CC2)cs1. The van der Waals surface area contributed by atoms with Crippen LogP contribution in [0.1, 0.15) is 51.1 Å². The molecular weight excluding hydrogens is 394 g/mol. The Morgan fingerprint density at radius 1 is 1.23 bits per heavy atom. The molecule has 1 aliphatic heterocycles. The minimum atomic E-state index is -0.0892. The number of hydrogen-bond acceptors (Lipinski definition) is 6. The van der Waals surface area contributed by atoms with E-state index >= 15 is 0 Å². The lowest BCUT2D eigenvalue weighted by molar-refractivity contribution is 0.0896. The van der Waals surface area contributed by atoms with Crippen LogP contribution in [-0.4, -0.2) is 39.9 Å². The monoisotopic (exact) mass is 417 g/mol. The number of benzene rings is 1. The predicted molar refractivity (Wildman–Crippen MR) is 116 cm³/mol. The summed E-state index contributed by atoms with van der Waals surface area (Å²) in [6.07, 6.45) is 5.44. The molecule has 1 saturated heterocycles. The molecule has 1 aromatic carbocycles. The Morgan fingerprint density at radius 2 is 2.00 bits per heavy atom. The second-order valence-electron chi connectivity index (χ2n) is 7.46. The molecule has 7 heteroatoms. The topological polar surface area (TPSA) is 81.9 Å². The molecular formula is C23H23N5OS. The van der Waals surface area contributed by atoms with Crippen LogP contribution in [0, 0.1) is 18.3 Å². The maximum atomic E-state index is 12.4. The fraction of sp³-hybridized carbons (Fsp3) is 0.304. The zero-order valence-electron chi connectivity index (χ0n) is 16.8. The number of amides is 1. The number of hydrogen-bond donors (Lipinski definition) is 1. The van der Waals surface area contributed by atoms with Gasteiger partial charge in [0.2, 0.25) is 0 Å². The lowest BCUT2D eigenvalue weighted by atomic mass is 9.94. The van der Waals surface area contributed by atoms with E-state index in [0.717, 1.165) is 42.1 Å². The van der Waals surface area contributed by atoms with Gasteiger partial charge >= 0.3 is 0 Å². The van der Waals surface area contributed by atoms with Gasteiger partial charge in [0.25, 0.3) is 5.91 Å². The van der Waals surface area contributed by atoms with Crippen molar-refractivity contribution in [3.63, 3.8) is 0 Å². The first-order valence-electron chi connectivity index (χ1n) is 10.0. The maximum absolute atomic E-state index is 12.4. The molecule has 1 atom stereocenters. The van der Waals surface area contributed by atoms with Gasteiger partial charge in [0.15, 0.2) is 0 Å². The number of aromatic nitrogens is 2. The second-order valence-corrected chi connectivity index (χ2v) is 8.52. The third kappa shape index (κ3) is 4.56. The summed E-state index contributed by atoms with van der Waals surface area (Å²) in [5.41, 5.74) is 3.43. The molecule has 30 heavy (non-hydrogen) atoms. The van der Waals surface area contributed by atoms with Crippen molar-refractivity contribution >= 4 is 17.2 Å². The highest BCUT2D eigenvalue weighted by atomic mass is 32.1. The number of piperidine rings is 1. The molecule has 1 amide bonds. The third-order valence-corrected chi connectivity index (χ3v) is 6.21. The van der Waals surface area contributed by atoms with Gasteiger partial charge in [-0.25, -0.2) is 4.98 Å². The normalized spacial score (nSPS) is 16.0. The molecule has 0 spiro atoms. The molecule has 4 rings (SSSR count). The minimum absolute atomic E-state index is 0.0734. The van der Waals surface area contributed by atoms with Gasteiger partial charge in [-0.1, -0.05) is 18.2 Å². The van der Waals surface area contributed by atoms with E-state index < -0.39 is 0 Å². The first-order chi connectivity index (χ1) is 14.6. The van der Waals surface area contributed by atoms with E-state index in [9.17, 15) is 4.79 Å². The van der Waals surface area contributed by atoms with E-state index in [1.165, 1.54) is 11.3 Å². The number of carbonyl (C=O) groups is 1. The molecule has 1 aliphatic rings. The standard InChI is InChI=1S/C23H23N5OS/c1-16-26-21(15-30-16)23(29)27-20-8-11-28(12-9-20)22(19-3-2-10-25-14-19)18-6-4-17(13-24)5-7-18/h2-7,10,14-15,20,22H,8-9,11-12H2,1H3,(H,27,29). The number of nitrogens with zero attached hydrogens (tertiary/aromatic N) is 4. The summed E-state index contributed by atoms with van der Waals surface area (Å²) in [7, 11) is 0. The molecule has 3 aromatic rings. The number of pyridine rings is 1. The summed E-state index contributed by atoms with van der Waals surface area (Å²) in [4.78, 5) is 23.4. The lowest BCUT2D eigenvalue weighted by Crippen LogP contribution is -2.46. The summed E-state index contributed by atoms with van der Waals surface area (Å²) in [6, 6.07) is 14.2. The quantitative estimate of drug-likeness (QED) is 0.684. The number of thiazole rings is 1. The summed E-state index contributed by atoms with van der Waals surface area (Å²) in [5.74, 6) is -0.0892. The highest BCUT2D eigenvalue weighted by Gasteiger charge is 2.28. The van der Waals surface area contributed by atoms with E-state index in [0.29, 0.717) is 11.3 Å². The first kappa shape index (κ1) is 20.2. The molecule has 0 bridgehead atoms. The Balaban J connectivity index is 1.46. The molecule has 1 unspecified atom stereocenters. The van der Waals surface area contributed by atoms with Gasteiger partial charge < -0.3 is 5.32 Å². The Bertz CT molecular complexity index is 1030. The summed E-state index contributed by atoms with van der Waals surface area (Å²) in [5, 5.41) is 15.0. The van der Waals surface area contributed by atoms with Crippen LogP contribution in [0.3, 0.4) is 0 Å². The molecule has 0 radical (unpaired) electrons. The Morgan fingerprint density at radius 3 is 2.60 bits per heavy atom. The van der Waals surface area contributed by atoms with Gasteiger partial charge in [0.05, 0.1) is 22.7 Å². The van der Waals surface area contributed by atoms with Gasteiger partial charge in [0.1, 0.15) is 5.69 Å². The van der Waals surface area contributed by atoms with Gasteiger partial charge in [-0.3, -0.25) is 14.7 Å². The fourth-order valence-electron chi connectivity index (χ4n) is 3.92. The van der Waals surface area contributed by atoms with Gasteiger partial charge in [0, 0.05) is 36.9 Å². The lowest BCUT2D eigenvalue weighted by Gasteiger charge is -2.38. The number of aryl methyl sites for hydroxylation is 1. The smallest absolute Gasteiger partial charge is 0.270 e. The Labute approximate surface area is 180 Å². The van der Waals surface area contributed by atoms with Crippen LogP contribution in [0.2, 0.25) is 0 Å². The largest absolute Gasteiger partial charge is 0.348 e. The highest BCUT2D eigenvalue weighted by Crippen LogP contribution is 2.31. The summed E-state index contributed by atoms with van der Waals surface area (Å²) >= 11 is 1.49. The molecule has 1 N–H and O–H groups in total. The number of rotatable bonds is 5. The van der Waals surface area contributed by atoms with Crippen LogP contribution < -0.4 is 5.32 Å². The summed E-state index contributed by atoms with van der Waals surface area (Å²) < 4.78 is 0. The predicted octanol–water partition coefficient (Wildman–Crippen LogP) is 3.70. The van der Waals surface area contributed by atoms with Gasteiger partial charge in [-0.15, -0.1) is 11.3 Å². The van der Waals surface area contributed by atoms with Crippen molar-refractivity contribution in [2.75, 3.05) is 13.1 Å². The fourth-order valence-corrected chi connectivity index (χ4v) is 4.51. The van der Waals surface area contributed by atoms with Gasteiger partial charge in [-0.2, -0.15) is 5.26 Å². The zero-order chi connectivity index (χ0) is 20.9. The van der Waals surface area contributed by atoms with E-state index in [-0.39, 0.29) is 18.0 Å². The van der Waals surface area contributed by atoms with E-state index in [4.69, 9.17) is 5.26 Å². The van der Waals surface area contributed by atoms with Crippen LogP contribution in [0.5, 0.6) is 0 Å². The average molecular weight is 418 g/mol. The van der Waals surface area contributed by atoms with Crippen LogP contribution in [0.15, 0.2) is 54.2 Å². The van der Waals surface area contributed by atoms with E-state index in [1.807, 2.05) is 48.8 Å². The first-order valence-corrected chi connectivity index (χ1v) is 10.9. The van der Waals surface area contributed by atoms with Crippen LogP contribution in [0.4, 0.5) is 0 Å². The Hall–Kier alpha value is -3.08. The molecule has 0 saturated carbocycles. The van der Waals surface area contributed by atoms with Crippen molar-refractivity contribution in [1.29, 1.82) is 5.26 Å². The van der Waals surface area contributed by atoms with Crippen molar-refractivity contribution < 1.29 is 4.79 Å². The minimum Gasteiger partial charge on any atom is -0.348 e. The van der Waals surface area contributed by atoms with Crippen molar-refractivity contribution in [3.05, 3.63) is 81.6 Å². The number of carbonyl (C=O) groups excluding carboxylic acids is 1. The highest BCUT2D eigenvalue weighted by molar-refractivity contribution is 7.09. The van der Waals surface area contributed by atoms with E-state index in [1.54, 1.807) is 6.20 Å². The summed E-state index contributed by atoms with van der Waals surface area (Å²) in [6.45, 7) is 3.63. The molecule has 2 aromatic heterocycles. The van der Waals surface area contributed by atoms with E-state index in [2.05, 4.69) is 32.3 Å². The molecule has 6 nitrogen and oxygen atoms in total.